The van der Waals surface area contributed by atoms with Crippen LogP contribution in [-0.4, -0.2) is 21.5 Å². The van der Waals surface area contributed by atoms with E-state index < -0.39 is 5.91 Å². The molecule has 0 aliphatic heterocycles. The summed E-state index contributed by atoms with van der Waals surface area (Å²) >= 11 is 0. The van der Waals surface area contributed by atoms with Gasteiger partial charge in [-0.2, -0.15) is 5.10 Å². The number of hydrogen-bond donors (Lipinski definition) is 1. The number of aromatic nitrogens is 2. The van der Waals surface area contributed by atoms with Gasteiger partial charge < -0.3 is 5.73 Å². The fraction of sp³-hybridized carbons (Fsp3) is 0.389. The summed E-state index contributed by atoms with van der Waals surface area (Å²) in [4.78, 5) is 23.6. The molecule has 0 saturated heterocycles. The molecule has 1 heterocycles. The SMILES string of the molecule is C=C/C(=C\C=C(/C)n1nc(C)c2c1CC(C)(C)CC2=O)C(N)=O. The van der Waals surface area contributed by atoms with Crippen LogP contribution in [0.25, 0.3) is 5.70 Å². The van der Waals surface area contributed by atoms with Gasteiger partial charge in [-0.1, -0.05) is 26.5 Å². The first-order valence-corrected chi connectivity index (χ1v) is 7.59. The third-order valence-corrected chi connectivity index (χ3v) is 4.06. The summed E-state index contributed by atoms with van der Waals surface area (Å²) < 4.78 is 1.79. The third kappa shape index (κ3) is 3.33. The average molecular weight is 313 g/mol. The molecule has 5 heteroatoms. The number of aryl methyl sites for hydroxylation is 1. The van der Waals surface area contributed by atoms with Gasteiger partial charge in [-0.15, -0.1) is 0 Å². The number of ketones is 1. The summed E-state index contributed by atoms with van der Waals surface area (Å²) in [5.41, 5.74) is 8.76. The van der Waals surface area contributed by atoms with Gasteiger partial charge >= 0.3 is 0 Å². The largest absolute Gasteiger partial charge is 0.366 e. The molecule has 2 N–H and O–H groups in total. The van der Waals surface area contributed by atoms with Crippen LogP contribution in [-0.2, 0) is 11.2 Å². The molecule has 0 atom stereocenters. The molecule has 0 unspecified atom stereocenters. The van der Waals surface area contributed by atoms with E-state index in [9.17, 15) is 9.59 Å². The molecule has 0 aromatic carbocycles. The van der Waals surface area contributed by atoms with Gasteiger partial charge in [-0.3, -0.25) is 9.59 Å². The molecule has 122 valence electrons. The van der Waals surface area contributed by atoms with Crippen molar-refractivity contribution in [2.24, 2.45) is 11.1 Å². The Balaban J connectivity index is 2.50. The Morgan fingerprint density at radius 1 is 1.35 bits per heavy atom. The molecule has 0 saturated carbocycles. The van der Waals surface area contributed by atoms with Gasteiger partial charge in [-0.25, -0.2) is 4.68 Å². The number of hydrogen-bond acceptors (Lipinski definition) is 3. The predicted octanol–water partition coefficient (Wildman–Crippen LogP) is 2.81. The summed E-state index contributed by atoms with van der Waals surface area (Å²) in [7, 11) is 0. The van der Waals surface area contributed by atoms with E-state index in [0.29, 0.717) is 12.0 Å². The minimum Gasteiger partial charge on any atom is -0.366 e. The fourth-order valence-corrected chi connectivity index (χ4v) is 2.96. The fourth-order valence-electron chi connectivity index (χ4n) is 2.96. The van der Waals surface area contributed by atoms with Gasteiger partial charge in [-0.05, 0) is 37.8 Å². The highest BCUT2D eigenvalue weighted by molar-refractivity contribution is 6.00. The van der Waals surface area contributed by atoms with Crippen molar-refractivity contribution in [3.05, 3.63) is 47.3 Å². The normalized spacial score (nSPS) is 17.8. The number of fused-ring (bicyclic) bond motifs is 1. The molecule has 0 bridgehead atoms. The summed E-state index contributed by atoms with van der Waals surface area (Å²) in [5.74, 6) is -0.383. The van der Waals surface area contributed by atoms with Crippen LogP contribution >= 0.6 is 0 Å². The highest BCUT2D eigenvalue weighted by Gasteiger charge is 2.35. The summed E-state index contributed by atoms with van der Waals surface area (Å²) in [5, 5.41) is 4.51. The van der Waals surface area contributed by atoms with Crippen molar-refractivity contribution in [2.75, 3.05) is 0 Å². The number of rotatable bonds is 4. The molecule has 0 fully saturated rings. The van der Waals surface area contributed by atoms with Crippen molar-refractivity contribution in [3.8, 4) is 0 Å². The minimum atomic E-state index is -0.529. The average Bonchev–Trinajstić information content (AvgIpc) is 2.74. The van der Waals surface area contributed by atoms with Crippen LogP contribution < -0.4 is 5.73 Å². The van der Waals surface area contributed by atoms with Crippen molar-refractivity contribution in [3.63, 3.8) is 0 Å². The van der Waals surface area contributed by atoms with E-state index >= 15 is 0 Å². The van der Waals surface area contributed by atoms with E-state index in [1.807, 2.05) is 13.8 Å². The van der Waals surface area contributed by atoms with Gasteiger partial charge in [0, 0.05) is 17.7 Å². The van der Waals surface area contributed by atoms with Crippen molar-refractivity contribution < 1.29 is 9.59 Å². The molecular weight excluding hydrogens is 290 g/mol. The lowest BCUT2D eigenvalue weighted by Crippen LogP contribution is -2.28. The molecule has 2 rings (SSSR count). The van der Waals surface area contributed by atoms with Crippen molar-refractivity contribution in [2.45, 2.75) is 40.5 Å². The molecule has 23 heavy (non-hydrogen) atoms. The number of allylic oxidation sites excluding steroid dienone is 3. The van der Waals surface area contributed by atoms with Crippen molar-refractivity contribution >= 4 is 17.4 Å². The number of nitrogens with zero attached hydrogens (tertiary/aromatic N) is 2. The third-order valence-electron chi connectivity index (χ3n) is 4.06. The Morgan fingerprint density at radius 3 is 2.57 bits per heavy atom. The first kappa shape index (κ1) is 16.9. The van der Waals surface area contributed by atoms with Crippen LogP contribution in [0.1, 0.15) is 48.9 Å². The van der Waals surface area contributed by atoms with Crippen LogP contribution in [0.2, 0.25) is 0 Å². The minimum absolute atomic E-state index is 0.0794. The molecule has 1 amide bonds. The Labute approximate surface area is 136 Å². The lowest BCUT2D eigenvalue weighted by atomic mass is 9.75. The van der Waals surface area contributed by atoms with Crippen LogP contribution in [0.15, 0.2) is 30.4 Å². The second-order valence-corrected chi connectivity index (χ2v) is 6.76. The Bertz CT molecular complexity index is 749. The van der Waals surface area contributed by atoms with E-state index in [1.165, 1.54) is 6.08 Å². The quantitative estimate of drug-likeness (QED) is 0.686. The second-order valence-electron chi connectivity index (χ2n) is 6.76. The smallest absolute Gasteiger partial charge is 0.248 e. The predicted molar refractivity (Wildman–Crippen MR) is 90.8 cm³/mol. The van der Waals surface area contributed by atoms with Gasteiger partial charge in [0.2, 0.25) is 5.91 Å². The van der Waals surface area contributed by atoms with Gasteiger partial charge in [0.05, 0.1) is 17.0 Å². The van der Waals surface area contributed by atoms with Crippen LogP contribution in [0, 0.1) is 12.3 Å². The number of Topliss-reactive ketones (excluding diaryl/α,β-unsaturated/α-hetero) is 1. The number of primary amides is 1. The molecule has 1 aliphatic rings. The number of nitrogens with two attached hydrogens (primary N) is 1. The van der Waals surface area contributed by atoms with E-state index in [-0.39, 0.29) is 11.2 Å². The Morgan fingerprint density at radius 2 is 2.00 bits per heavy atom. The highest BCUT2D eigenvalue weighted by Crippen LogP contribution is 2.36. The van der Waals surface area contributed by atoms with E-state index in [4.69, 9.17) is 5.73 Å². The van der Waals surface area contributed by atoms with Gasteiger partial charge in [0.25, 0.3) is 0 Å². The zero-order valence-electron chi connectivity index (χ0n) is 14.1. The van der Waals surface area contributed by atoms with Crippen LogP contribution in [0.3, 0.4) is 0 Å². The maximum Gasteiger partial charge on any atom is 0.248 e. The monoisotopic (exact) mass is 313 g/mol. The lowest BCUT2D eigenvalue weighted by Gasteiger charge is -2.29. The summed E-state index contributed by atoms with van der Waals surface area (Å²) in [6.07, 6.45) is 6.12. The molecule has 1 aromatic heterocycles. The highest BCUT2D eigenvalue weighted by atomic mass is 16.1. The summed E-state index contributed by atoms with van der Waals surface area (Å²) in [6.45, 7) is 11.5. The first-order valence-electron chi connectivity index (χ1n) is 7.59. The van der Waals surface area contributed by atoms with Gasteiger partial charge in [0.15, 0.2) is 5.78 Å². The van der Waals surface area contributed by atoms with Crippen LogP contribution in [0.4, 0.5) is 0 Å². The number of amides is 1. The Kier molecular flexibility index (Phi) is 4.41. The van der Waals surface area contributed by atoms with E-state index in [1.54, 1.807) is 16.8 Å². The second kappa shape index (κ2) is 5.99. The molecule has 1 aromatic rings. The summed E-state index contributed by atoms with van der Waals surface area (Å²) in [6, 6.07) is 0. The Hall–Kier alpha value is -2.43. The zero-order valence-corrected chi connectivity index (χ0v) is 14.1. The van der Waals surface area contributed by atoms with Crippen molar-refractivity contribution in [1.29, 1.82) is 0 Å². The van der Waals surface area contributed by atoms with Gasteiger partial charge in [0.1, 0.15) is 0 Å². The molecule has 0 spiro atoms. The lowest BCUT2D eigenvalue weighted by molar-refractivity contribution is -0.114. The van der Waals surface area contributed by atoms with E-state index in [2.05, 4.69) is 25.5 Å². The maximum atomic E-state index is 12.4. The zero-order chi connectivity index (χ0) is 17.4. The van der Waals surface area contributed by atoms with E-state index in [0.717, 1.165) is 29.1 Å². The molecule has 5 nitrogen and oxygen atoms in total. The molecule has 1 aliphatic carbocycles. The maximum absolute atomic E-state index is 12.4. The molecule has 0 radical (unpaired) electrons. The van der Waals surface area contributed by atoms with Crippen LogP contribution in [0.5, 0.6) is 0 Å². The topological polar surface area (TPSA) is 78.0 Å². The number of carbonyl (C=O) groups excluding carboxylic acids is 2. The standard InChI is InChI=1S/C18H23N3O2/c1-6-13(17(19)23)8-7-11(2)21-14-9-18(4,5)10-15(22)16(14)12(3)20-21/h6-8H,1,9-10H2,2-5H3,(H2,19,23)/b11-7+,13-8+. The molecular formula is C18H23N3O2. The first-order chi connectivity index (χ1) is 10.7. The number of carbonyl (C=O) groups is 2. The van der Waals surface area contributed by atoms with Crippen molar-refractivity contribution in [1.82, 2.24) is 9.78 Å².